The van der Waals surface area contributed by atoms with E-state index < -0.39 is 66.2 Å². The van der Waals surface area contributed by atoms with Crippen LogP contribution in [0.2, 0.25) is 0 Å². The average molecular weight is 736 g/mol. The predicted molar refractivity (Wildman–Crippen MR) is 201 cm³/mol. The number of carbonyl (C=O) groups is 7. The molecule has 0 bridgehead atoms. The molecule has 1 fully saturated rings. The third kappa shape index (κ3) is 18.7. The smallest absolute Gasteiger partial charge is 0.245 e. The van der Waals surface area contributed by atoms with Crippen LogP contribution in [0.1, 0.15) is 144 Å². The molecule has 0 aromatic carbocycles. The Hall–Kier alpha value is -3.71. The van der Waals surface area contributed by atoms with E-state index in [9.17, 15) is 33.6 Å². The van der Waals surface area contributed by atoms with Crippen LogP contribution in [0.4, 0.5) is 0 Å². The number of likely N-dealkylation sites (tertiary alicyclic amines) is 1. The molecule has 0 aliphatic carbocycles. The van der Waals surface area contributed by atoms with Crippen molar-refractivity contribution in [1.29, 1.82) is 0 Å². The maximum atomic E-state index is 13.2. The average Bonchev–Trinajstić information content (AvgIpc) is 3.59. The largest absolute Gasteiger partial charge is 0.368 e. The minimum Gasteiger partial charge on any atom is -0.368 e. The van der Waals surface area contributed by atoms with Crippen LogP contribution in [0, 0.1) is 11.8 Å². The van der Waals surface area contributed by atoms with E-state index in [0.717, 1.165) is 19.3 Å². The number of carbonyl (C=O) groups excluding carboxylic acids is 7. The first kappa shape index (κ1) is 46.3. The van der Waals surface area contributed by atoms with Gasteiger partial charge in [0.25, 0.3) is 0 Å². The Kier molecular flexibility index (Phi) is 23.3. The van der Waals surface area contributed by atoms with E-state index in [0.29, 0.717) is 25.8 Å². The van der Waals surface area contributed by atoms with Gasteiger partial charge >= 0.3 is 0 Å². The summed E-state index contributed by atoms with van der Waals surface area (Å²) >= 11 is 0. The van der Waals surface area contributed by atoms with Crippen molar-refractivity contribution in [2.75, 3.05) is 19.6 Å². The van der Waals surface area contributed by atoms with Crippen LogP contribution >= 0.6 is 0 Å². The normalized spacial score (nSPS) is 15.8. The Morgan fingerprint density at radius 3 is 1.65 bits per heavy atom. The van der Waals surface area contributed by atoms with Gasteiger partial charge in [0, 0.05) is 13.0 Å². The van der Waals surface area contributed by atoms with Crippen LogP contribution in [-0.4, -0.2) is 90.1 Å². The van der Waals surface area contributed by atoms with Crippen molar-refractivity contribution < 1.29 is 33.6 Å². The van der Waals surface area contributed by atoms with Gasteiger partial charge in [-0.15, -0.1) is 0 Å². The molecule has 1 saturated heterocycles. The number of amides is 7. The lowest BCUT2D eigenvalue weighted by atomic mass is 10.0. The molecule has 1 aliphatic rings. The van der Waals surface area contributed by atoms with Gasteiger partial charge < -0.3 is 37.2 Å². The highest BCUT2D eigenvalue weighted by atomic mass is 16.2. The summed E-state index contributed by atoms with van der Waals surface area (Å²) in [5.74, 6) is -4.12. The first-order valence-electron chi connectivity index (χ1n) is 19.7. The van der Waals surface area contributed by atoms with Crippen molar-refractivity contribution in [1.82, 2.24) is 31.5 Å². The molecule has 0 unspecified atom stereocenters. The maximum Gasteiger partial charge on any atom is 0.245 e. The molecule has 298 valence electrons. The number of hydrogen-bond donors (Lipinski definition) is 6. The van der Waals surface area contributed by atoms with Gasteiger partial charge in [0.05, 0.1) is 13.1 Å². The lowest BCUT2D eigenvalue weighted by molar-refractivity contribution is -0.141. The molecule has 14 heteroatoms. The third-order valence-electron chi connectivity index (χ3n) is 9.47. The second-order valence-corrected chi connectivity index (χ2v) is 14.9. The molecule has 52 heavy (non-hydrogen) atoms. The van der Waals surface area contributed by atoms with Crippen LogP contribution in [0.5, 0.6) is 0 Å². The van der Waals surface area contributed by atoms with Crippen LogP contribution in [-0.2, 0) is 33.6 Å². The van der Waals surface area contributed by atoms with Gasteiger partial charge in [0.2, 0.25) is 41.4 Å². The molecule has 7 amide bonds. The number of nitrogens with two attached hydrogens (primary N) is 1. The molecule has 1 heterocycles. The number of nitrogens with zero attached hydrogens (tertiary/aromatic N) is 1. The fraction of sp³-hybridized carbons (Fsp3) is 0.816. The Labute approximate surface area is 311 Å². The lowest BCUT2D eigenvalue weighted by Gasteiger charge is -2.29. The molecular weight excluding hydrogens is 666 g/mol. The quantitative estimate of drug-likeness (QED) is 0.0695. The van der Waals surface area contributed by atoms with Crippen molar-refractivity contribution >= 4 is 41.4 Å². The van der Waals surface area contributed by atoms with Gasteiger partial charge in [-0.25, -0.2) is 0 Å². The maximum absolute atomic E-state index is 13.2. The fourth-order valence-corrected chi connectivity index (χ4v) is 6.33. The van der Waals surface area contributed by atoms with Crippen molar-refractivity contribution in [2.45, 2.75) is 168 Å². The van der Waals surface area contributed by atoms with E-state index in [1.54, 1.807) is 13.8 Å². The van der Waals surface area contributed by atoms with E-state index in [-0.39, 0.29) is 24.3 Å². The second-order valence-electron chi connectivity index (χ2n) is 14.9. The van der Waals surface area contributed by atoms with Gasteiger partial charge in [-0.05, 0) is 38.0 Å². The Bertz CT molecular complexity index is 1150. The summed E-state index contributed by atoms with van der Waals surface area (Å²) in [4.78, 5) is 89.7. The molecule has 1 rings (SSSR count). The SMILES string of the molecule is CCCCCCCCCCCCCCCC(=O)N[C@H](C(=O)NCC(=O)N[C@H](C(=O)N[C@@H](C)C(=O)N1CCC[C@H]1C(=O)NCC(N)=O)C(C)C)C(C)C. The highest BCUT2D eigenvalue weighted by Gasteiger charge is 2.37. The molecule has 0 spiro atoms. The molecule has 0 aromatic rings. The Morgan fingerprint density at radius 2 is 1.13 bits per heavy atom. The topological polar surface area (TPSA) is 209 Å². The van der Waals surface area contributed by atoms with Crippen LogP contribution in [0.15, 0.2) is 0 Å². The van der Waals surface area contributed by atoms with E-state index in [4.69, 9.17) is 5.73 Å². The summed E-state index contributed by atoms with van der Waals surface area (Å²) < 4.78 is 0. The zero-order valence-electron chi connectivity index (χ0n) is 32.8. The molecule has 0 radical (unpaired) electrons. The van der Waals surface area contributed by atoms with Gasteiger partial charge in [-0.2, -0.15) is 0 Å². The second kappa shape index (κ2) is 26.1. The summed E-state index contributed by atoms with van der Waals surface area (Å²) in [7, 11) is 0. The van der Waals surface area contributed by atoms with E-state index in [2.05, 4.69) is 33.5 Å². The summed E-state index contributed by atoms with van der Waals surface area (Å²) in [6.45, 7) is 10.4. The van der Waals surface area contributed by atoms with Gasteiger partial charge in [0.1, 0.15) is 24.2 Å². The summed E-state index contributed by atoms with van der Waals surface area (Å²) in [6.07, 6.45) is 17.1. The van der Waals surface area contributed by atoms with Crippen molar-refractivity contribution in [3.05, 3.63) is 0 Å². The summed E-state index contributed by atoms with van der Waals surface area (Å²) in [5, 5.41) is 13.1. The number of rotatable bonds is 27. The first-order valence-corrected chi connectivity index (χ1v) is 19.7. The fourth-order valence-electron chi connectivity index (χ4n) is 6.33. The predicted octanol–water partition coefficient (Wildman–Crippen LogP) is 2.96. The van der Waals surface area contributed by atoms with Gasteiger partial charge in [-0.3, -0.25) is 33.6 Å². The number of primary amides is 1. The molecule has 0 aromatic heterocycles. The molecule has 4 atom stereocenters. The minimum atomic E-state index is -1.01. The molecule has 7 N–H and O–H groups in total. The summed E-state index contributed by atoms with van der Waals surface area (Å²) in [6, 6.07) is -3.60. The van der Waals surface area contributed by atoms with Gasteiger partial charge in [0.15, 0.2) is 0 Å². The Morgan fingerprint density at radius 1 is 0.635 bits per heavy atom. The first-order chi connectivity index (χ1) is 24.7. The monoisotopic (exact) mass is 736 g/mol. The minimum absolute atomic E-state index is 0.201. The van der Waals surface area contributed by atoms with Crippen LogP contribution in [0.25, 0.3) is 0 Å². The van der Waals surface area contributed by atoms with E-state index >= 15 is 0 Å². The molecule has 14 nitrogen and oxygen atoms in total. The van der Waals surface area contributed by atoms with Gasteiger partial charge in [-0.1, -0.05) is 112 Å². The molecular formula is C38H69N7O7. The zero-order valence-corrected chi connectivity index (χ0v) is 32.8. The lowest BCUT2D eigenvalue weighted by Crippen LogP contribution is -2.58. The van der Waals surface area contributed by atoms with Crippen molar-refractivity contribution in [2.24, 2.45) is 17.6 Å². The molecule has 1 aliphatic heterocycles. The van der Waals surface area contributed by atoms with E-state index in [1.807, 2.05) is 13.8 Å². The van der Waals surface area contributed by atoms with Crippen molar-refractivity contribution in [3.63, 3.8) is 0 Å². The zero-order chi connectivity index (χ0) is 39.1. The number of nitrogens with one attached hydrogen (secondary N) is 5. The van der Waals surface area contributed by atoms with E-state index in [1.165, 1.54) is 76.0 Å². The Balaban J connectivity index is 2.47. The molecule has 0 saturated carbocycles. The highest BCUT2D eigenvalue weighted by molar-refractivity contribution is 5.96. The van der Waals surface area contributed by atoms with Crippen molar-refractivity contribution in [3.8, 4) is 0 Å². The van der Waals surface area contributed by atoms with Crippen LogP contribution in [0.3, 0.4) is 0 Å². The standard InChI is InChI=1S/C38H69N7O7/c1-7-8-9-10-11-12-13-14-15-16-17-18-19-22-31(47)43-33(26(2)3)36(50)41-25-32(48)44-34(27(4)5)37(51)42-28(6)38(52)45-23-20-21-29(45)35(49)40-24-30(39)46/h26-29,33-34H,7-25H2,1-6H3,(H2,39,46)(H,40,49)(H,41,50)(H,42,51)(H,43,47)(H,44,48)/t28-,29-,33-,34-/m0/s1. The van der Waals surface area contributed by atoms with Crippen LogP contribution < -0.4 is 32.3 Å². The highest BCUT2D eigenvalue weighted by Crippen LogP contribution is 2.19. The third-order valence-corrected chi connectivity index (χ3v) is 9.47. The number of hydrogen-bond acceptors (Lipinski definition) is 7. The number of unbranched alkanes of at least 4 members (excludes halogenated alkanes) is 12. The summed E-state index contributed by atoms with van der Waals surface area (Å²) in [5.41, 5.74) is 5.10.